The minimum Gasteiger partial charge on any atom is -0.350 e. The highest BCUT2D eigenvalue weighted by atomic mass is 32.2. The molecule has 2 heterocycles. The van der Waals surface area contributed by atoms with Gasteiger partial charge in [-0.1, -0.05) is 17.7 Å². The molecule has 0 aliphatic carbocycles. The zero-order valence-electron chi connectivity index (χ0n) is 12.4. The Morgan fingerprint density at radius 2 is 2.17 bits per heavy atom. The van der Waals surface area contributed by atoms with Crippen molar-refractivity contribution in [1.82, 2.24) is 25.5 Å². The number of aromatic amines is 1. The summed E-state index contributed by atoms with van der Waals surface area (Å²) in [5, 5.41) is 11.8. The highest BCUT2D eigenvalue weighted by Gasteiger charge is 2.12. The van der Waals surface area contributed by atoms with Crippen LogP contribution in [0.2, 0.25) is 0 Å². The smallest absolute Gasteiger partial charge is 0.270 e. The Balaban J connectivity index is 1.47. The van der Waals surface area contributed by atoms with Crippen LogP contribution in [0.4, 0.5) is 0 Å². The van der Waals surface area contributed by atoms with E-state index in [2.05, 4.69) is 56.7 Å². The molecule has 3 rings (SSSR count). The van der Waals surface area contributed by atoms with Crippen LogP contribution < -0.4 is 5.32 Å². The molecular formula is C15H15N5OS2. The van der Waals surface area contributed by atoms with Gasteiger partial charge in [-0.3, -0.25) is 9.89 Å². The Morgan fingerprint density at radius 1 is 1.35 bits per heavy atom. The van der Waals surface area contributed by atoms with Crippen molar-refractivity contribution < 1.29 is 4.79 Å². The van der Waals surface area contributed by atoms with Crippen LogP contribution >= 0.6 is 23.1 Å². The summed E-state index contributed by atoms with van der Waals surface area (Å²) in [5.41, 5.74) is 1.65. The summed E-state index contributed by atoms with van der Waals surface area (Å²) in [6, 6.07) is 8.35. The van der Waals surface area contributed by atoms with Crippen LogP contribution in [0.1, 0.15) is 16.1 Å². The number of carbonyl (C=O) groups is 1. The lowest BCUT2D eigenvalue weighted by Crippen LogP contribution is -2.25. The highest BCUT2D eigenvalue weighted by Crippen LogP contribution is 2.20. The van der Waals surface area contributed by atoms with Crippen molar-refractivity contribution in [2.75, 3.05) is 12.3 Å². The van der Waals surface area contributed by atoms with Crippen molar-refractivity contribution in [2.24, 2.45) is 0 Å². The molecule has 0 spiro atoms. The molecule has 0 aliphatic rings. The summed E-state index contributed by atoms with van der Waals surface area (Å²) in [6.45, 7) is 2.65. The maximum absolute atomic E-state index is 12.1. The van der Waals surface area contributed by atoms with E-state index in [-0.39, 0.29) is 5.91 Å². The van der Waals surface area contributed by atoms with Gasteiger partial charge in [0.25, 0.3) is 5.91 Å². The molecule has 2 N–H and O–H groups in total. The highest BCUT2D eigenvalue weighted by molar-refractivity contribution is 7.99. The Morgan fingerprint density at radius 3 is 2.91 bits per heavy atom. The van der Waals surface area contributed by atoms with Gasteiger partial charge in [0.05, 0.1) is 0 Å². The molecule has 1 amide bonds. The second kappa shape index (κ2) is 7.38. The first-order valence-electron chi connectivity index (χ1n) is 7.01. The predicted molar refractivity (Wildman–Crippen MR) is 91.7 cm³/mol. The largest absolute Gasteiger partial charge is 0.350 e. The van der Waals surface area contributed by atoms with E-state index >= 15 is 0 Å². The molecule has 0 unspecified atom stereocenters. The summed E-state index contributed by atoms with van der Waals surface area (Å²) in [7, 11) is 0. The van der Waals surface area contributed by atoms with Crippen molar-refractivity contribution >= 4 is 29.0 Å². The molecule has 8 heteroatoms. The number of nitrogens with one attached hydrogen (secondary N) is 2. The van der Waals surface area contributed by atoms with Crippen LogP contribution in [0, 0.1) is 6.92 Å². The summed E-state index contributed by atoms with van der Waals surface area (Å²) in [6.07, 6.45) is 1.42. The number of hydrogen-bond acceptors (Lipinski definition) is 6. The maximum Gasteiger partial charge on any atom is 0.270 e. The average molecular weight is 345 g/mol. The van der Waals surface area contributed by atoms with E-state index in [4.69, 9.17) is 0 Å². The fourth-order valence-corrected chi connectivity index (χ4v) is 3.37. The SMILES string of the molecule is Cc1ccc(SCCNC(=O)c2csc(-c3ncn[nH]3)n2)cc1. The lowest BCUT2D eigenvalue weighted by atomic mass is 10.2. The zero-order chi connectivity index (χ0) is 16.1. The lowest BCUT2D eigenvalue weighted by molar-refractivity contribution is 0.0952. The van der Waals surface area contributed by atoms with E-state index in [1.165, 1.54) is 28.1 Å². The van der Waals surface area contributed by atoms with Gasteiger partial charge in [-0.05, 0) is 19.1 Å². The fraction of sp³-hybridized carbons (Fsp3) is 0.200. The van der Waals surface area contributed by atoms with Gasteiger partial charge in [0.2, 0.25) is 0 Å². The molecule has 0 aliphatic heterocycles. The van der Waals surface area contributed by atoms with E-state index in [0.29, 0.717) is 23.1 Å². The van der Waals surface area contributed by atoms with E-state index in [9.17, 15) is 4.79 Å². The average Bonchev–Trinajstić information content (AvgIpc) is 3.23. The Labute approximate surface area is 141 Å². The summed E-state index contributed by atoms with van der Waals surface area (Å²) >= 11 is 3.08. The third-order valence-corrected chi connectivity index (χ3v) is 4.89. The third kappa shape index (κ3) is 4.17. The van der Waals surface area contributed by atoms with Gasteiger partial charge in [-0.2, -0.15) is 5.10 Å². The topological polar surface area (TPSA) is 83.6 Å². The molecule has 0 saturated carbocycles. The normalized spacial score (nSPS) is 10.7. The number of benzene rings is 1. The number of aromatic nitrogens is 4. The molecule has 1 aromatic carbocycles. The Kier molecular flexibility index (Phi) is 5.04. The number of thioether (sulfide) groups is 1. The summed E-state index contributed by atoms with van der Waals surface area (Å²) in [4.78, 5) is 21.5. The van der Waals surface area contributed by atoms with Crippen LogP contribution in [0.5, 0.6) is 0 Å². The van der Waals surface area contributed by atoms with Gasteiger partial charge in [0.1, 0.15) is 12.0 Å². The number of carbonyl (C=O) groups excluding carboxylic acids is 1. The van der Waals surface area contributed by atoms with E-state index < -0.39 is 0 Å². The molecule has 0 fully saturated rings. The van der Waals surface area contributed by atoms with Crippen LogP contribution in [0.3, 0.4) is 0 Å². The quantitative estimate of drug-likeness (QED) is 0.530. The summed E-state index contributed by atoms with van der Waals surface area (Å²) in [5.74, 6) is 1.22. The maximum atomic E-state index is 12.1. The van der Waals surface area contributed by atoms with E-state index in [0.717, 1.165) is 5.75 Å². The van der Waals surface area contributed by atoms with Gasteiger partial charge < -0.3 is 5.32 Å². The van der Waals surface area contributed by atoms with Gasteiger partial charge in [-0.15, -0.1) is 23.1 Å². The Bertz CT molecular complexity index is 768. The zero-order valence-corrected chi connectivity index (χ0v) is 14.1. The van der Waals surface area contributed by atoms with Crippen LogP contribution in [-0.2, 0) is 0 Å². The molecule has 2 aromatic heterocycles. The minimum absolute atomic E-state index is 0.170. The molecule has 0 saturated heterocycles. The van der Waals surface area contributed by atoms with Crippen molar-refractivity contribution in [3.05, 3.63) is 47.2 Å². The molecule has 0 radical (unpaired) electrons. The summed E-state index contributed by atoms with van der Waals surface area (Å²) < 4.78 is 0. The molecular weight excluding hydrogens is 330 g/mol. The van der Waals surface area contributed by atoms with Gasteiger partial charge >= 0.3 is 0 Å². The van der Waals surface area contributed by atoms with Crippen LogP contribution in [-0.4, -0.2) is 38.4 Å². The van der Waals surface area contributed by atoms with E-state index in [1.807, 2.05) is 0 Å². The second-order valence-corrected chi connectivity index (χ2v) is 6.82. The predicted octanol–water partition coefficient (Wildman–Crippen LogP) is 2.76. The first-order chi connectivity index (χ1) is 11.2. The number of nitrogens with zero attached hydrogens (tertiary/aromatic N) is 3. The third-order valence-electron chi connectivity index (χ3n) is 3.03. The van der Waals surface area contributed by atoms with Gasteiger partial charge in [0.15, 0.2) is 10.8 Å². The van der Waals surface area contributed by atoms with Crippen LogP contribution in [0.15, 0.2) is 40.9 Å². The Hall–Kier alpha value is -2.19. The first-order valence-corrected chi connectivity index (χ1v) is 8.88. The molecule has 118 valence electrons. The number of rotatable bonds is 6. The molecule has 3 aromatic rings. The second-order valence-electron chi connectivity index (χ2n) is 4.79. The number of thiazole rings is 1. The number of H-pyrrole nitrogens is 1. The molecule has 23 heavy (non-hydrogen) atoms. The molecule has 0 atom stereocenters. The van der Waals surface area contributed by atoms with Gasteiger partial charge in [0, 0.05) is 22.6 Å². The number of amides is 1. The first kappa shape index (κ1) is 15.7. The standard InChI is InChI=1S/C15H15N5OS2/c1-10-2-4-11(5-3-10)22-7-6-16-14(21)12-8-23-15(19-12)13-17-9-18-20-13/h2-5,8-9H,6-7H2,1H3,(H,16,21)(H,17,18,20). The van der Waals surface area contributed by atoms with Crippen molar-refractivity contribution in [1.29, 1.82) is 0 Å². The van der Waals surface area contributed by atoms with Crippen molar-refractivity contribution in [3.63, 3.8) is 0 Å². The van der Waals surface area contributed by atoms with Gasteiger partial charge in [-0.25, -0.2) is 9.97 Å². The van der Waals surface area contributed by atoms with Crippen molar-refractivity contribution in [3.8, 4) is 10.8 Å². The fourth-order valence-electron chi connectivity index (χ4n) is 1.85. The monoisotopic (exact) mass is 345 g/mol. The van der Waals surface area contributed by atoms with Crippen molar-refractivity contribution in [2.45, 2.75) is 11.8 Å². The number of hydrogen-bond donors (Lipinski definition) is 2. The number of aryl methyl sites for hydroxylation is 1. The minimum atomic E-state index is -0.170. The molecule has 6 nitrogen and oxygen atoms in total. The van der Waals surface area contributed by atoms with E-state index in [1.54, 1.807) is 17.1 Å². The lowest BCUT2D eigenvalue weighted by Gasteiger charge is -2.04. The molecule has 0 bridgehead atoms. The van der Waals surface area contributed by atoms with Crippen LogP contribution in [0.25, 0.3) is 10.8 Å².